The second kappa shape index (κ2) is 6.26. The number of ether oxygens (including phenoxy) is 1. The van der Waals surface area contributed by atoms with E-state index in [0.29, 0.717) is 12.1 Å². The third-order valence-electron chi connectivity index (χ3n) is 4.99. The fourth-order valence-corrected chi connectivity index (χ4v) is 3.70. The van der Waals surface area contributed by atoms with Crippen LogP contribution in [-0.2, 0) is 4.74 Å². The average Bonchev–Trinajstić information content (AvgIpc) is 2.94. The molecule has 4 heteroatoms. The molecule has 0 saturated carbocycles. The van der Waals surface area contributed by atoms with Crippen LogP contribution in [0, 0.1) is 0 Å². The number of carbonyl (C=O) groups is 2. The number of amides is 2. The van der Waals surface area contributed by atoms with Gasteiger partial charge in [0, 0.05) is 12.8 Å². The van der Waals surface area contributed by atoms with Gasteiger partial charge in [-0.2, -0.15) is 9.28 Å². The summed E-state index contributed by atoms with van der Waals surface area (Å²) in [6, 6.07) is 13.4. The van der Waals surface area contributed by atoms with Crippen molar-refractivity contribution in [1.29, 1.82) is 0 Å². The van der Waals surface area contributed by atoms with E-state index < -0.39 is 11.7 Å². The topological polar surface area (TPSA) is 43.4 Å². The van der Waals surface area contributed by atoms with Gasteiger partial charge in [0.05, 0.1) is 12.1 Å². The summed E-state index contributed by atoms with van der Waals surface area (Å²) in [7, 11) is 0. The number of carbonyl (C=O) groups excluding carboxylic acids is 2. The number of fused-ring (bicyclic) bond motifs is 1. The highest BCUT2D eigenvalue weighted by atomic mass is 16.6. The molecular weight excluding hydrogens is 314 g/mol. The van der Waals surface area contributed by atoms with Crippen molar-refractivity contribution in [2.75, 3.05) is 6.54 Å². The molecule has 1 heterocycles. The molecule has 2 amide bonds. The molecule has 3 rings (SSSR count). The van der Waals surface area contributed by atoms with Crippen LogP contribution in [-0.4, -0.2) is 34.7 Å². The largest absolute Gasteiger partial charge is 0.524 e. The van der Waals surface area contributed by atoms with Crippen LogP contribution in [0.2, 0.25) is 0 Å². The number of imide groups is 1. The molecule has 1 aliphatic rings. The maximum atomic E-state index is 13.6. The lowest BCUT2D eigenvalue weighted by Gasteiger charge is -2.34. The zero-order chi connectivity index (χ0) is 18.2. The van der Waals surface area contributed by atoms with Gasteiger partial charge in [-0.15, -0.1) is 0 Å². The summed E-state index contributed by atoms with van der Waals surface area (Å²) in [5, 5.41) is 1.89. The van der Waals surface area contributed by atoms with Gasteiger partial charge >= 0.3 is 12.0 Å². The smallest absolute Gasteiger partial charge is 0.414 e. The first kappa shape index (κ1) is 17.6. The van der Waals surface area contributed by atoms with E-state index in [0.717, 1.165) is 23.6 Å². The van der Waals surface area contributed by atoms with Crippen LogP contribution in [0.5, 0.6) is 0 Å². The van der Waals surface area contributed by atoms with Crippen LogP contribution >= 0.6 is 0 Å². The van der Waals surface area contributed by atoms with Crippen molar-refractivity contribution in [3.05, 3.63) is 48.0 Å². The van der Waals surface area contributed by atoms with Crippen molar-refractivity contribution in [3.8, 4) is 0 Å². The Labute approximate surface area is 149 Å². The Bertz CT molecular complexity index is 816. The van der Waals surface area contributed by atoms with Crippen LogP contribution in [0.15, 0.2) is 42.5 Å². The van der Waals surface area contributed by atoms with E-state index in [-0.39, 0.29) is 16.4 Å². The standard InChI is InChI=1S/C21H26NO3/c1-15-9-8-14-22(15,20(24)25-21(2,3)4)19(23)18-13-7-11-16-10-5-6-12-17(16)18/h5-7,10-13,15H,8-9,14H2,1-4H3/q+1/t15-,22?/m1/s1. The number of quaternary nitrogens is 1. The Kier molecular flexibility index (Phi) is 4.41. The molecule has 1 unspecified atom stereocenters. The quantitative estimate of drug-likeness (QED) is 0.693. The predicted molar refractivity (Wildman–Crippen MR) is 98.3 cm³/mol. The van der Waals surface area contributed by atoms with Gasteiger partial charge in [-0.1, -0.05) is 36.4 Å². The number of likely N-dealkylation sites (tertiary alicyclic amines) is 1. The molecular formula is C21H26NO3+. The third kappa shape index (κ3) is 3.07. The monoisotopic (exact) mass is 340 g/mol. The summed E-state index contributed by atoms with van der Waals surface area (Å²) in [5.74, 6) is -0.156. The number of hydrogen-bond acceptors (Lipinski definition) is 3. The number of nitrogens with zero attached hydrogens (tertiary/aromatic N) is 1. The fraction of sp³-hybridized carbons (Fsp3) is 0.429. The van der Waals surface area contributed by atoms with E-state index in [9.17, 15) is 9.59 Å². The maximum absolute atomic E-state index is 13.6. The molecule has 0 spiro atoms. The van der Waals surface area contributed by atoms with Gasteiger partial charge < -0.3 is 4.74 Å². The van der Waals surface area contributed by atoms with E-state index in [1.807, 2.05) is 70.2 Å². The zero-order valence-electron chi connectivity index (χ0n) is 15.4. The highest BCUT2D eigenvalue weighted by molar-refractivity contribution is 6.06. The van der Waals surface area contributed by atoms with Crippen molar-refractivity contribution < 1.29 is 18.8 Å². The molecule has 132 valence electrons. The van der Waals surface area contributed by atoms with Crippen LogP contribution in [0.25, 0.3) is 10.8 Å². The second-order valence-corrected chi connectivity index (χ2v) is 7.90. The molecule has 0 N–H and O–H groups in total. The van der Waals surface area contributed by atoms with Gasteiger partial charge in [0.1, 0.15) is 11.6 Å². The highest BCUT2D eigenvalue weighted by Crippen LogP contribution is 2.34. The maximum Gasteiger partial charge on any atom is 0.524 e. The molecule has 2 atom stereocenters. The van der Waals surface area contributed by atoms with Gasteiger partial charge in [-0.3, -0.25) is 0 Å². The second-order valence-electron chi connectivity index (χ2n) is 7.90. The molecule has 4 nitrogen and oxygen atoms in total. The van der Waals surface area contributed by atoms with Crippen molar-refractivity contribution in [2.24, 2.45) is 0 Å². The lowest BCUT2D eigenvalue weighted by Crippen LogP contribution is -2.60. The Morgan fingerprint density at radius 2 is 1.76 bits per heavy atom. The molecule has 0 aliphatic carbocycles. The highest BCUT2D eigenvalue weighted by Gasteiger charge is 2.55. The van der Waals surface area contributed by atoms with Gasteiger partial charge in [-0.25, -0.2) is 4.79 Å². The van der Waals surface area contributed by atoms with E-state index in [1.165, 1.54) is 0 Å². The van der Waals surface area contributed by atoms with E-state index >= 15 is 0 Å². The molecule has 0 aromatic heterocycles. The first-order valence-electron chi connectivity index (χ1n) is 8.90. The molecule has 25 heavy (non-hydrogen) atoms. The lowest BCUT2D eigenvalue weighted by molar-refractivity contribution is -0.787. The van der Waals surface area contributed by atoms with Crippen molar-refractivity contribution >= 4 is 22.8 Å². The molecule has 2 aromatic carbocycles. The molecule has 0 radical (unpaired) electrons. The Balaban J connectivity index is 2.11. The minimum atomic E-state index is -0.621. The minimum absolute atomic E-state index is 0.0821. The van der Waals surface area contributed by atoms with Crippen molar-refractivity contribution in [3.63, 3.8) is 0 Å². The molecule has 1 saturated heterocycles. The van der Waals surface area contributed by atoms with Gasteiger partial charge in [0.15, 0.2) is 0 Å². The van der Waals surface area contributed by atoms with Crippen LogP contribution in [0.3, 0.4) is 0 Å². The summed E-state index contributed by atoms with van der Waals surface area (Å²) in [6.07, 6.45) is 1.25. The van der Waals surface area contributed by atoms with Gasteiger partial charge in [0.2, 0.25) is 0 Å². The van der Waals surface area contributed by atoms with E-state index in [1.54, 1.807) is 0 Å². The molecule has 2 aromatic rings. The van der Waals surface area contributed by atoms with E-state index in [4.69, 9.17) is 4.74 Å². The summed E-state index contributed by atoms with van der Waals surface area (Å²) in [5.41, 5.74) is -0.0262. The SMILES string of the molecule is C[C@@H]1CCC[N+]1(C(=O)OC(C)(C)C)C(=O)c1cccc2ccccc12. The number of hydrogen-bond donors (Lipinski definition) is 0. The first-order valence-corrected chi connectivity index (χ1v) is 8.90. The number of rotatable bonds is 1. The molecule has 1 fully saturated rings. The predicted octanol–water partition coefficient (Wildman–Crippen LogP) is 4.91. The normalized spacial score (nSPS) is 23.6. The third-order valence-corrected chi connectivity index (χ3v) is 4.99. The average molecular weight is 340 g/mol. The Morgan fingerprint density at radius 1 is 1.08 bits per heavy atom. The number of benzene rings is 2. The summed E-state index contributed by atoms with van der Waals surface area (Å²) < 4.78 is 5.42. The molecule has 1 aliphatic heterocycles. The van der Waals surface area contributed by atoms with Gasteiger partial charge in [-0.05, 0) is 44.5 Å². The fourth-order valence-electron chi connectivity index (χ4n) is 3.70. The van der Waals surface area contributed by atoms with Crippen molar-refractivity contribution in [1.82, 2.24) is 0 Å². The molecule has 0 bridgehead atoms. The summed E-state index contributed by atoms with van der Waals surface area (Å²) >= 11 is 0. The van der Waals surface area contributed by atoms with Crippen LogP contribution in [0.4, 0.5) is 4.79 Å². The zero-order valence-corrected chi connectivity index (χ0v) is 15.4. The van der Waals surface area contributed by atoms with Gasteiger partial charge in [0.25, 0.3) is 0 Å². The van der Waals surface area contributed by atoms with E-state index in [2.05, 4.69) is 0 Å². The summed E-state index contributed by atoms with van der Waals surface area (Å²) in [4.78, 5) is 26.7. The minimum Gasteiger partial charge on any atom is -0.414 e. The van der Waals surface area contributed by atoms with Crippen molar-refractivity contribution in [2.45, 2.75) is 52.2 Å². The Hall–Kier alpha value is -2.20. The summed E-state index contributed by atoms with van der Waals surface area (Å²) in [6.45, 7) is 7.98. The Morgan fingerprint density at radius 3 is 2.40 bits per heavy atom. The van der Waals surface area contributed by atoms with Crippen LogP contribution < -0.4 is 0 Å². The first-order chi connectivity index (χ1) is 11.8. The lowest BCUT2D eigenvalue weighted by atomic mass is 10.0. The van der Waals surface area contributed by atoms with Crippen LogP contribution in [0.1, 0.15) is 50.9 Å².